The van der Waals surface area contributed by atoms with Gasteiger partial charge in [-0.15, -0.1) is 4.52 Å². The standard InChI is InChI=1S/C22H16FN5O/c1-14-24-22-25-18-11-12-27(13-15-5-3-2-4-6-15)21(29)19(18)20(28(22)26-14)16-7-9-17(23)10-8-16/h2-12H,13H2,1H3/p+1. The zero-order valence-electron chi connectivity index (χ0n) is 15.6. The molecule has 0 unspecified atom stereocenters. The monoisotopic (exact) mass is 386 g/mol. The second kappa shape index (κ2) is 6.63. The van der Waals surface area contributed by atoms with Crippen LogP contribution in [0, 0.1) is 12.7 Å². The van der Waals surface area contributed by atoms with Crippen LogP contribution in [0.15, 0.2) is 71.7 Å². The summed E-state index contributed by atoms with van der Waals surface area (Å²) in [4.78, 5) is 22.4. The summed E-state index contributed by atoms with van der Waals surface area (Å²) in [5.74, 6) is 0.783. The van der Waals surface area contributed by atoms with E-state index in [9.17, 15) is 9.18 Å². The van der Waals surface area contributed by atoms with Crippen molar-refractivity contribution in [2.24, 2.45) is 0 Å². The minimum absolute atomic E-state index is 0.167. The molecule has 0 radical (unpaired) electrons. The lowest BCUT2D eigenvalue weighted by atomic mass is 10.1. The molecule has 0 saturated heterocycles. The summed E-state index contributed by atoms with van der Waals surface area (Å²) in [5, 5.41) is 3.58. The third kappa shape index (κ3) is 2.97. The van der Waals surface area contributed by atoms with Crippen LogP contribution in [0.3, 0.4) is 0 Å². The number of aromatic amines is 1. The van der Waals surface area contributed by atoms with Gasteiger partial charge in [-0.1, -0.05) is 40.3 Å². The Kier molecular flexibility index (Phi) is 3.94. The Morgan fingerprint density at radius 3 is 2.55 bits per heavy atom. The van der Waals surface area contributed by atoms with Crippen molar-refractivity contribution in [2.45, 2.75) is 13.5 Å². The van der Waals surface area contributed by atoms with Crippen LogP contribution in [0.25, 0.3) is 27.9 Å². The molecule has 0 aliphatic rings. The topological polar surface area (TPSA) is 67.7 Å². The van der Waals surface area contributed by atoms with Crippen LogP contribution < -0.4 is 10.1 Å². The SMILES string of the molecule is Cc1nc2nc3ccn(Cc4ccccc4)c(=O)c3c(-c3ccc(F)cc3)[n+]2[nH]1. The van der Waals surface area contributed by atoms with Crippen molar-refractivity contribution >= 4 is 16.7 Å². The molecule has 29 heavy (non-hydrogen) atoms. The number of nitrogens with one attached hydrogen (secondary N) is 1. The van der Waals surface area contributed by atoms with Gasteiger partial charge in [0.2, 0.25) is 5.82 Å². The molecule has 2 aromatic carbocycles. The van der Waals surface area contributed by atoms with Crippen LogP contribution in [0.5, 0.6) is 0 Å². The number of nitrogens with zero attached hydrogens (tertiary/aromatic N) is 4. The Morgan fingerprint density at radius 2 is 1.79 bits per heavy atom. The summed E-state index contributed by atoms with van der Waals surface area (Å²) in [7, 11) is 0. The first-order chi connectivity index (χ1) is 14.1. The number of hydrogen-bond donors (Lipinski definition) is 1. The maximum atomic E-state index is 13.5. The van der Waals surface area contributed by atoms with E-state index in [1.807, 2.05) is 43.3 Å². The van der Waals surface area contributed by atoms with Gasteiger partial charge in [-0.05, 0) is 35.9 Å². The van der Waals surface area contributed by atoms with Crippen molar-refractivity contribution < 1.29 is 8.91 Å². The minimum Gasteiger partial charge on any atom is -0.310 e. The lowest BCUT2D eigenvalue weighted by Crippen LogP contribution is -2.32. The highest BCUT2D eigenvalue weighted by atomic mass is 19.1. The van der Waals surface area contributed by atoms with Gasteiger partial charge >= 0.3 is 5.78 Å². The van der Waals surface area contributed by atoms with Crippen LogP contribution in [0.1, 0.15) is 11.4 Å². The molecule has 0 aliphatic heterocycles. The fraction of sp³-hybridized carbons (Fsp3) is 0.0909. The van der Waals surface area contributed by atoms with Gasteiger partial charge in [-0.3, -0.25) is 4.79 Å². The van der Waals surface area contributed by atoms with Gasteiger partial charge < -0.3 is 4.57 Å². The predicted octanol–water partition coefficient (Wildman–Crippen LogP) is 3.02. The lowest BCUT2D eigenvalue weighted by Gasteiger charge is -2.09. The number of benzene rings is 2. The molecule has 0 saturated carbocycles. The molecule has 5 aromatic rings. The van der Waals surface area contributed by atoms with Gasteiger partial charge in [-0.25, -0.2) is 9.49 Å². The normalized spacial score (nSPS) is 11.4. The number of pyridine rings is 1. The Hall–Kier alpha value is -3.87. The fourth-order valence-electron chi connectivity index (χ4n) is 3.55. The number of aryl methyl sites for hydroxylation is 1. The van der Waals surface area contributed by atoms with Crippen molar-refractivity contribution in [2.75, 3.05) is 0 Å². The van der Waals surface area contributed by atoms with Crippen LogP contribution in [0.2, 0.25) is 0 Å². The molecule has 6 nitrogen and oxygen atoms in total. The molecule has 0 atom stereocenters. The van der Waals surface area contributed by atoms with Gasteiger partial charge in [0.15, 0.2) is 11.2 Å². The fourth-order valence-corrected chi connectivity index (χ4v) is 3.55. The van der Waals surface area contributed by atoms with Crippen molar-refractivity contribution in [1.29, 1.82) is 0 Å². The summed E-state index contributed by atoms with van der Waals surface area (Å²) in [6.45, 7) is 2.27. The molecule has 0 amide bonds. The smallest absolute Gasteiger partial charge is 0.310 e. The predicted molar refractivity (Wildman–Crippen MR) is 107 cm³/mol. The molecule has 142 valence electrons. The zero-order chi connectivity index (χ0) is 20.0. The number of fused-ring (bicyclic) bond motifs is 2. The molecule has 0 aliphatic carbocycles. The Bertz CT molecular complexity index is 1410. The van der Waals surface area contributed by atoms with Crippen molar-refractivity contribution in [3.8, 4) is 11.3 Å². The Balaban J connectivity index is 1.83. The first kappa shape index (κ1) is 17.2. The zero-order valence-corrected chi connectivity index (χ0v) is 15.6. The van der Waals surface area contributed by atoms with Gasteiger partial charge in [0.25, 0.3) is 5.56 Å². The quantitative estimate of drug-likeness (QED) is 0.485. The van der Waals surface area contributed by atoms with Gasteiger partial charge in [0, 0.05) is 18.7 Å². The van der Waals surface area contributed by atoms with Crippen molar-refractivity contribution in [3.63, 3.8) is 0 Å². The third-order valence-electron chi connectivity index (χ3n) is 4.88. The average molecular weight is 386 g/mol. The van der Waals surface area contributed by atoms with E-state index >= 15 is 0 Å². The number of halogens is 1. The summed E-state index contributed by atoms with van der Waals surface area (Å²) in [5.41, 5.74) is 2.71. The summed E-state index contributed by atoms with van der Waals surface area (Å²) < 4.78 is 16.8. The van der Waals surface area contributed by atoms with E-state index in [2.05, 4.69) is 15.1 Å². The highest BCUT2D eigenvalue weighted by Crippen LogP contribution is 2.23. The maximum absolute atomic E-state index is 13.5. The first-order valence-electron chi connectivity index (χ1n) is 9.21. The van der Waals surface area contributed by atoms with Crippen LogP contribution in [-0.4, -0.2) is 19.6 Å². The number of hydrogen-bond acceptors (Lipinski definition) is 3. The van der Waals surface area contributed by atoms with Crippen molar-refractivity contribution in [1.82, 2.24) is 19.6 Å². The van der Waals surface area contributed by atoms with E-state index in [4.69, 9.17) is 0 Å². The van der Waals surface area contributed by atoms with Crippen molar-refractivity contribution in [3.05, 3.63) is 94.4 Å². The number of aromatic nitrogens is 5. The van der Waals surface area contributed by atoms with Crippen LogP contribution in [-0.2, 0) is 6.54 Å². The number of H-pyrrole nitrogens is 1. The van der Waals surface area contributed by atoms with E-state index in [0.717, 1.165) is 5.56 Å². The lowest BCUT2D eigenvalue weighted by molar-refractivity contribution is -0.567. The molecule has 0 fully saturated rings. The average Bonchev–Trinajstić information content (AvgIpc) is 3.10. The van der Waals surface area contributed by atoms with E-state index in [1.54, 1.807) is 27.4 Å². The summed E-state index contributed by atoms with van der Waals surface area (Å²) in [6.07, 6.45) is 1.75. The maximum Gasteiger partial charge on any atom is 0.458 e. The second-order valence-corrected chi connectivity index (χ2v) is 6.91. The van der Waals surface area contributed by atoms with Gasteiger partial charge in [0.05, 0.1) is 6.54 Å². The molecule has 0 spiro atoms. The number of rotatable bonds is 3. The highest BCUT2D eigenvalue weighted by molar-refractivity contribution is 5.90. The molecule has 3 heterocycles. The van der Waals surface area contributed by atoms with E-state index in [0.29, 0.717) is 40.3 Å². The third-order valence-corrected chi connectivity index (χ3v) is 4.88. The largest absolute Gasteiger partial charge is 0.458 e. The molecule has 3 aromatic heterocycles. The van der Waals surface area contributed by atoms with Crippen LogP contribution in [0.4, 0.5) is 4.39 Å². The molecular weight excluding hydrogens is 369 g/mol. The Labute approximate surface area is 164 Å². The Morgan fingerprint density at radius 1 is 1.03 bits per heavy atom. The van der Waals surface area contributed by atoms with E-state index in [1.165, 1.54) is 12.1 Å². The molecule has 1 N–H and O–H groups in total. The minimum atomic E-state index is -0.337. The molecule has 5 rings (SSSR count). The van der Waals surface area contributed by atoms with E-state index < -0.39 is 0 Å². The molecular formula is C22H17FN5O+. The summed E-state index contributed by atoms with van der Waals surface area (Å²) >= 11 is 0. The molecule has 7 heteroatoms. The van der Waals surface area contributed by atoms with Gasteiger partial charge in [-0.2, -0.15) is 0 Å². The first-order valence-corrected chi connectivity index (χ1v) is 9.21. The summed E-state index contributed by atoms with van der Waals surface area (Å²) in [6, 6.07) is 17.7. The van der Waals surface area contributed by atoms with Crippen LogP contribution >= 0.6 is 0 Å². The molecule has 0 bridgehead atoms. The van der Waals surface area contributed by atoms with E-state index in [-0.39, 0.29) is 11.4 Å². The highest BCUT2D eigenvalue weighted by Gasteiger charge is 2.24. The second-order valence-electron chi connectivity index (χ2n) is 6.91. The van der Waals surface area contributed by atoms with Gasteiger partial charge in [0.1, 0.15) is 11.2 Å².